The maximum Gasteiger partial charge on any atom is 0.257 e. The smallest absolute Gasteiger partial charge is 0.257 e. The first-order chi connectivity index (χ1) is 17.4. The summed E-state index contributed by atoms with van der Waals surface area (Å²) in [6.07, 6.45) is 1.32. The summed E-state index contributed by atoms with van der Waals surface area (Å²) in [5.41, 5.74) is 7.45. The summed E-state index contributed by atoms with van der Waals surface area (Å²) in [6.45, 7) is 2.06. The zero-order valence-corrected chi connectivity index (χ0v) is 21.3. The lowest BCUT2D eigenvalue weighted by molar-refractivity contribution is 0.102. The highest BCUT2D eigenvalue weighted by atomic mass is 35.5. The summed E-state index contributed by atoms with van der Waals surface area (Å²) in [5, 5.41) is 11.7. The van der Waals surface area contributed by atoms with Crippen molar-refractivity contribution in [1.82, 2.24) is 9.97 Å². The number of rotatable bonds is 10. The molecule has 4 N–H and O–H groups in total. The number of carbonyl (C=O) groups excluding carboxylic acids is 1. The van der Waals surface area contributed by atoms with E-state index in [0.717, 1.165) is 30.2 Å². The average molecular weight is 524 g/mol. The van der Waals surface area contributed by atoms with Crippen molar-refractivity contribution in [3.8, 4) is 0 Å². The van der Waals surface area contributed by atoms with E-state index in [-0.39, 0.29) is 18.9 Å². The predicted octanol–water partition coefficient (Wildman–Crippen LogP) is 4.79. The fourth-order valence-corrected chi connectivity index (χ4v) is 4.38. The minimum atomic E-state index is -0.273. The quantitative estimate of drug-likeness (QED) is 0.198. The maximum atomic E-state index is 12.5. The minimum Gasteiger partial charge on any atom is -0.387 e. The SMILES string of the molecule is COCC(=N)CC(N)=Nc1cc(N2CCC2)nc(Sc2ccc(NC(=O)c3ccccc3Cl)cc2)n1. The number of nitrogens with one attached hydrogen (secondary N) is 2. The van der Waals surface area contributed by atoms with Crippen LogP contribution in [0.5, 0.6) is 0 Å². The Hall–Kier alpha value is -3.47. The van der Waals surface area contributed by atoms with E-state index in [1.54, 1.807) is 24.3 Å². The molecule has 0 atom stereocenters. The summed E-state index contributed by atoms with van der Waals surface area (Å²) >= 11 is 7.51. The second kappa shape index (κ2) is 12.0. The molecule has 1 amide bonds. The third-order valence-corrected chi connectivity index (χ3v) is 6.47. The topological polar surface area (TPSA) is 130 Å². The number of hydrogen-bond acceptors (Lipinski definition) is 8. The number of halogens is 1. The molecule has 0 radical (unpaired) electrons. The lowest BCUT2D eigenvalue weighted by Gasteiger charge is -2.32. The van der Waals surface area contributed by atoms with Gasteiger partial charge in [0.05, 0.1) is 17.2 Å². The van der Waals surface area contributed by atoms with E-state index in [0.29, 0.717) is 38.8 Å². The first kappa shape index (κ1) is 25.6. The Labute approximate surface area is 218 Å². The molecular weight excluding hydrogens is 498 g/mol. The van der Waals surface area contributed by atoms with Gasteiger partial charge >= 0.3 is 0 Å². The molecule has 0 bridgehead atoms. The van der Waals surface area contributed by atoms with Crippen LogP contribution < -0.4 is 16.0 Å². The third kappa shape index (κ3) is 6.81. The molecule has 0 unspecified atom stereocenters. The molecule has 36 heavy (non-hydrogen) atoms. The molecule has 1 aliphatic heterocycles. The van der Waals surface area contributed by atoms with Crippen molar-refractivity contribution in [2.24, 2.45) is 10.7 Å². The van der Waals surface area contributed by atoms with E-state index < -0.39 is 0 Å². The molecular formula is C25H26ClN7O2S. The van der Waals surface area contributed by atoms with Gasteiger partial charge in [0.15, 0.2) is 11.0 Å². The normalized spacial score (nSPS) is 13.3. The van der Waals surface area contributed by atoms with Crippen LogP contribution in [0, 0.1) is 5.41 Å². The number of benzene rings is 2. The predicted molar refractivity (Wildman–Crippen MR) is 144 cm³/mol. The van der Waals surface area contributed by atoms with Gasteiger partial charge in [-0.1, -0.05) is 23.7 Å². The highest BCUT2D eigenvalue weighted by Crippen LogP contribution is 2.31. The first-order valence-electron chi connectivity index (χ1n) is 11.3. The second-order valence-electron chi connectivity index (χ2n) is 8.08. The van der Waals surface area contributed by atoms with Crippen LogP contribution in [-0.2, 0) is 4.74 Å². The Morgan fingerprint density at radius 1 is 1.22 bits per heavy atom. The number of carbonyl (C=O) groups is 1. The van der Waals surface area contributed by atoms with Crippen LogP contribution >= 0.6 is 23.4 Å². The molecule has 0 spiro atoms. The van der Waals surface area contributed by atoms with Gasteiger partial charge in [0, 0.05) is 49.0 Å². The summed E-state index contributed by atoms with van der Waals surface area (Å²) in [5.74, 6) is 1.26. The van der Waals surface area contributed by atoms with Crippen molar-refractivity contribution in [3.63, 3.8) is 0 Å². The van der Waals surface area contributed by atoms with E-state index in [4.69, 9.17) is 27.5 Å². The van der Waals surface area contributed by atoms with Gasteiger partial charge in [-0.25, -0.2) is 15.0 Å². The number of ether oxygens (including phenoxy) is 1. The molecule has 2 heterocycles. The molecule has 1 aliphatic rings. The van der Waals surface area contributed by atoms with Crippen molar-refractivity contribution in [3.05, 3.63) is 65.2 Å². The number of nitrogens with two attached hydrogens (primary N) is 1. The molecule has 9 nitrogen and oxygen atoms in total. The number of aliphatic imine (C=N–C) groups is 1. The average Bonchev–Trinajstić information content (AvgIpc) is 2.79. The van der Waals surface area contributed by atoms with Gasteiger partial charge in [-0.05, 0) is 54.6 Å². The molecule has 0 aliphatic carbocycles. The van der Waals surface area contributed by atoms with Crippen molar-refractivity contribution >= 4 is 58.1 Å². The lowest BCUT2D eigenvalue weighted by Crippen LogP contribution is -2.37. The Morgan fingerprint density at radius 2 is 1.97 bits per heavy atom. The van der Waals surface area contributed by atoms with Gasteiger partial charge in [0.25, 0.3) is 5.91 Å². The van der Waals surface area contributed by atoms with E-state index in [9.17, 15) is 4.79 Å². The van der Waals surface area contributed by atoms with Crippen LogP contribution in [0.4, 0.5) is 17.3 Å². The van der Waals surface area contributed by atoms with Crippen molar-refractivity contribution in [2.45, 2.75) is 22.9 Å². The van der Waals surface area contributed by atoms with Crippen LogP contribution in [0.2, 0.25) is 5.02 Å². The molecule has 186 valence electrons. The molecule has 11 heteroatoms. The maximum absolute atomic E-state index is 12.5. The summed E-state index contributed by atoms with van der Waals surface area (Å²) in [6, 6.07) is 16.1. The highest BCUT2D eigenvalue weighted by Gasteiger charge is 2.18. The number of methoxy groups -OCH3 is 1. The largest absolute Gasteiger partial charge is 0.387 e. The fraction of sp³-hybridized carbons (Fsp3) is 0.240. The summed E-state index contributed by atoms with van der Waals surface area (Å²) < 4.78 is 4.97. The van der Waals surface area contributed by atoms with Gasteiger partial charge < -0.3 is 26.1 Å². The summed E-state index contributed by atoms with van der Waals surface area (Å²) in [4.78, 5) is 29.2. The van der Waals surface area contributed by atoms with Gasteiger partial charge in [-0.15, -0.1) is 0 Å². The van der Waals surface area contributed by atoms with Crippen LogP contribution in [0.15, 0.2) is 69.6 Å². The van der Waals surface area contributed by atoms with Crippen molar-refractivity contribution in [2.75, 3.05) is 37.0 Å². The van der Waals surface area contributed by atoms with Crippen molar-refractivity contribution in [1.29, 1.82) is 5.41 Å². The Bertz CT molecular complexity index is 1280. The standard InChI is InChI=1S/C25H26ClN7O2S/c1-35-15-16(27)13-21(28)30-22-14-23(33-11-4-12-33)32-25(31-22)36-18-9-7-17(8-10-18)29-24(34)19-5-2-3-6-20(19)26/h2-3,5-10,14,27H,4,11-13,15H2,1H3,(H,29,34)(H2,28,30,31,32). The zero-order valence-electron chi connectivity index (χ0n) is 19.7. The van der Waals surface area contributed by atoms with Gasteiger partial charge in [0.1, 0.15) is 11.7 Å². The Kier molecular flexibility index (Phi) is 8.52. The Balaban J connectivity index is 1.48. The monoisotopic (exact) mass is 523 g/mol. The molecule has 1 aromatic heterocycles. The number of amides is 1. The van der Waals surface area contributed by atoms with E-state index >= 15 is 0 Å². The first-order valence-corrected chi connectivity index (χ1v) is 12.5. The van der Waals surface area contributed by atoms with Gasteiger partial charge in [-0.3, -0.25) is 4.79 Å². The second-order valence-corrected chi connectivity index (χ2v) is 9.53. The van der Waals surface area contributed by atoms with Gasteiger partial charge in [0.2, 0.25) is 0 Å². The number of amidine groups is 1. The number of anilines is 2. The molecule has 1 fully saturated rings. The fourth-order valence-electron chi connectivity index (χ4n) is 3.40. The number of hydrogen-bond donors (Lipinski definition) is 3. The van der Waals surface area contributed by atoms with Gasteiger partial charge in [-0.2, -0.15) is 0 Å². The van der Waals surface area contributed by atoms with Crippen molar-refractivity contribution < 1.29 is 9.53 Å². The van der Waals surface area contributed by atoms with Crippen LogP contribution in [0.25, 0.3) is 0 Å². The third-order valence-electron chi connectivity index (χ3n) is 5.27. The van der Waals surface area contributed by atoms with E-state index in [1.165, 1.54) is 18.9 Å². The van der Waals surface area contributed by atoms with Crippen LogP contribution in [-0.4, -0.2) is 54.2 Å². The lowest BCUT2D eigenvalue weighted by atomic mass is 10.2. The molecule has 2 aromatic carbocycles. The van der Waals surface area contributed by atoms with Crippen LogP contribution in [0.1, 0.15) is 23.2 Å². The minimum absolute atomic E-state index is 0.203. The van der Waals surface area contributed by atoms with E-state index in [2.05, 4.69) is 25.2 Å². The zero-order chi connectivity index (χ0) is 25.5. The Morgan fingerprint density at radius 3 is 2.64 bits per heavy atom. The number of nitrogens with zero attached hydrogens (tertiary/aromatic N) is 4. The molecule has 0 saturated carbocycles. The molecule has 4 rings (SSSR count). The molecule has 3 aromatic rings. The van der Waals surface area contributed by atoms with E-state index in [1.807, 2.05) is 30.3 Å². The molecule has 1 saturated heterocycles. The highest BCUT2D eigenvalue weighted by molar-refractivity contribution is 7.99. The number of aromatic nitrogens is 2. The summed E-state index contributed by atoms with van der Waals surface area (Å²) in [7, 11) is 1.54. The van der Waals surface area contributed by atoms with Crippen LogP contribution in [0.3, 0.4) is 0 Å².